The molecule has 1 aliphatic rings. The number of ether oxygens (including phenoxy) is 1. The molecule has 2 rings (SSSR count). The molecule has 2 N–H and O–H groups in total. The van der Waals surface area contributed by atoms with Crippen molar-refractivity contribution >= 4 is 12.4 Å². The molecule has 1 fully saturated rings. The Bertz CT molecular complexity index is 378. The molecule has 2 heterocycles. The van der Waals surface area contributed by atoms with Crippen molar-refractivity contribution in [3.63, 3.8) is 0 Å². The molecule has 1 aromatic heterocycles. The summed E-state index contributed by atoms with van der Waals surface area (Å²) < 4.78 is 10.9. The van der Waals surface area contributed by atoms with Gasteiger partial charge in [0.05, 0.1) is 19.2 Å². The van der Waals surface area contributed by atoms with Crippen molar-refractivity contribution in [3.05, 3.63) is 11.7 Å². The summed E-state index contributed by atoms with van der Waals surface area (Å²) in [7, 11) is 0. The van der Waals surface area contributed by atoms with Crippen molar-refractivity contribution in [2.24, 2.45) is 11.7 Å². The first-order valence-corrected chi connectivity index (χ1v) is 7.03. The van der Waals surface area contributed by atoms with Crippen molar-refractivity contribution in [3.8, 4) is 0 Å². The minimum Gasteiger partial charge on any atom is -0.378 e. The van der Waals surface area contributed by atoms with E-state index in [1.54, 1.807) is 0 Å². The highest BCUT2D eigenvalue weighted by molar-refractivity contribution is 5.85. The third-order valence-electron chi connectivity index (χ3n) is 3.25. The van der Waals surface area contributed by atoms with E-state index in [0.29, 0.717) is 24.5 Å². The first-order valence-electron chi connectivity index (χ1n) is 7.03. The van der Waals surface area contributed by atoms with Crippen molar-refractivity contribution in [1.82, 2.24) is 15.0 Å². The maximum atomic E-state index is 5.87. The molecule has 0 amide bonds. The number of piperidine rings is 1. The molecular weight excluding hydrogens is 280 g/mol. The van der Waals surface area contributed by atoms with Crippen LogP contribution in [0.4, 0.5) is 0 Å². The topological polar surface area (TPSA) is 77.4 Å². The van der Waals surface area contributed by atoms with E-state index in [9.17, 15) is 0 Å². The van der Waals surface area contributed by atoms with Gasteiger partial charge in [-0.2, -0.15) is 4.98 Å². The van der Waals surface area contributed by atoms with Gasteiger partial charge >= 0.3 is 0 Å². The molecule has 0 atom stereocenters. The Labute approximate surface area is 126 Å². The summed E-state index contributed by atoms with van der Waals surface area (Å²) in [4.78, 5) is 6.56. The van der Waals surface area contributed by atoms with Crippen LogP contribution in [0.2, 0.25) is 0 Å². The number of hydrogen-bond donors (Lipinski definition) is 1. The van der Waals surface area contributed by atoms with Crippen LogP contribution in [-0.2, 0) is 17.8 Å². The third kappa shape index (κ3) is 5.36. The maximum absolute atomic E-state index is 5.87. The van der Waals surface area contributed by atoms with Crippen LogP contribution in [-0.4, -0.2) is 40.8 Å². The second kappa shape index (κ2) is 8.56. The van der Waals surface area contributed by atoms with Gasteiger partial charge in [0.25, 0.3) is 0 Å². The lowest BCUT2D eigenvalue weighted by atomic mass is 10.1. The zero-order chi connectivity index (χ0) is 13.7. The van der Waals surface area contributed by atoms with Gasteiger partial charge in [-0.05, 0) is 18.8 Å². The van der Waals surface area contributed by atoms with E-state index in [2.05, 4.69) is 28.9 Å². The highest BCUT2D eigenvalue weighted by Gasteiger charge is 2.21. The Morgan fingerprint density at radius 2 is 2.10 bits per heavy atom. The van der Waals surface area contributed by atoms with E-state index in [1.165, 1.54) is 0 Å². The molecule has 0 radical (unpaired) electrons. The predicted molar refractivity (Wildman–Crippen MR) is 78.5 cm³/mol. The van der Waals surface area contributed by atoms with Crippen molar-refractivity contribution in [2.75, 3.05) is 19.7 Å². The third-order valence-corrected chi connectivity index (χ3v) is 3.25. The highest BCUT2D eigenvalue weighted by atomic mass is 35.5. The minimum atomic E-state index is 0. The molecule has 0 spiro atoms. The predicted octanol–water partition coefficient (Wildman–Crippen LogP) is 1.59. The van der Waals surface area contributed by atoms with E-state index < -0.39 is 0 Å². The average Bonchev–Trinajstić information content (AvgIpc) is 2.85. The molecule has 0 aromatic carbocycles. The molecular formula is C13H25ClN4O2. The van der Waals surface area contributed by atoms with Crippen molar-refractivity contribution in [1.29, 1.82) is 0 Å². The normalized spacial score (nSPS) is 17.4. The second-order valence-electron chi connectivity index (χ2n) is 5.51. The van der Waals surface area contributed by atoms with Crippen molar-refractivity contribution in [2.45, 2.75) is 45.9 Å². The van der Waals surface area contributed by atoms with E-state index in [1.807, 2.05) is 0 Å². The summed E-state index contributed by atoms with van der Waals surface area (Å²) in [6.07, 6.45) is 2.56. The van der Waals surface area contributed by atoms with Crippen LogP contribution >= 0.6 is 12.4 Å². The van der Waals surface area contributed by atoms with E-state index >= 15 is 0 Å². The van der Waals surface area contributed by atoms with Crippen LogP contribution in [0, 0.1) is 5.92 Å². The van der Waals surface area contributed by atoms with E-state index in [0.717, 1.165) is 44.9 Å². The Morgan fingerprint density at radius 1 is 1.40 bits per heavy atom. The van der Waals surface area contributed by atoms with Gasteiger partial charge in [0.2, 0.25) is 5.89 Å². The summed E-state index contributed by atoms with van der Waals surface area (Å²) in [5, 5.41) is 3.92. The zero-order valence-electron chi connectivity index (χ0n) is 12.2. The number of halogens is 1. The summed E-state index contributed by atoms with van der Waals surface area (Å²) in [5.74, 6) is 1.83. The smallest absolute Gasteiger partial charge is 0.240 e. The van der Waals surface area contributed by atoms with Gasteiger partial charge < -0.3 is 15.0 Å². The van der Waals surface area contributed by atoms with Crippen LogP contribution in [0.3, 0.4) is 0 Å². The van der Waals surface area contributed by atoms with Crippen LogP contribution in [0.1, 0.15) is 38.4 Å². The fourth-order valence-corrected chi connectivity index (χ4v) is 2.20. The summed E-state index contributed by atoms with van der Waals surface area (Å²) >= 11 is 0. The molecule has 1 saturated heterocycles. The molecule has 7 heteroatoms. The zero-order valence-corrected chi connectivity index (χ0v) is 13.1. The van der Waals surface area contributed by atoms with Gasteiger partial charge in [0, 0.05) is 19.7 Å². The first-order chi connectivity index (χ1) is 9.17. The summed E-state index contributed by atoms with van der Waals surface area (Å²) in [5.41, 5.74) is 5.45. The minimum absolute atomic E-state index is 0. The monoisotopic (exact) mass is 304 g/mol. The largest absolute Gasteiger partial charge is 0.378 e. The van der Waals surface area contributed by atoms with Gasteiger partial charge in [0.15, 0.2) is 5.82 Å². The molecule has 116 valence electrons. The summed E-state index contributed by atoms with van der Waals surface area (Å²) in [6.45, 7) is 8.30. The molecule has 6 nitrogen and oxygen atoms in total. The molecule has 1 aliphatic heterocycles. The highest BCUT2D eigenvalue weighted by Crippen LogP contribution is 2.16. The summed E-state index contributed by atoms with van der Waals surface area (Å²) in [6, 6.07) is 0. The lowest BCUT2D eigenvalue weighted by Gasteiger charge is -2.31. The molecule has 0 unspecified atom stereocenters. The molecule has 1 aromatic rings. The molecule has 20 heavy (non-hydrogen) atoms. The lowest BCUT2D eigenvalue weighted by molar-refractivity contribution is -0.00633. The number of aromatic nitrogens is 2. The Kier molecular flexibility index (Phi) is 7.43. The number of nitrogens with two attached hydrogens (primary N) is 1. The number of likely N-dealkylation sites (tertiary alicyclic amines) is 1. The van der Waals surface area contributed by atoms with Gasteiger partial charge in [-0.1, -0.05) is 19.0 Å². The van der Waals surface area contributed by atoms with Crippen molar-refractivity contribution < 1.29 is 9.26 Å². The van der Waals surface area contributed by atoms with Crippen LogP contribution in [0.15, 0.2) is 4.52 Å². The Hall–Kier alpha value is -0.690. The van der Waals surface area contributed by atoms with Crippen LogP contribution < -0.4 is 5.73 Å². The SMILES string of the molecule is CC(C)COC1CCN(Cc2noc(CN)n2)CC1.Cl. The van der Waals surface area contributed by atoms with E-state index in [-0.39, 0.29) is 12.4 Å². The first kappa shape index (κ1) is 17.4. The Morgan fingerprint density at radius 3 is 2.65 bits per heavy atom. The average molecular weight is 305 g/mol. The quantitative estimate of drug-likeness (QED) is 0.860. The molecule has 0 saturated carbocycles. The number of rotatable bonds is 6. The molecule has 0 bridgehead atoms. The van der Waals surface area contributed by atoms with E-state index in [4.69, 9.17) is 15.0 Å². The van der Waals surface area contributed by atoms with Gasteiger partial charge in [-0.25, -0.2) is 0 Å². The fourth-order valence-electron chi connectivity index (χ4n) is 2.20. The molecule has 0 aliphatic carbocycles. The lowest BCUT2D eigenvalue weighted by Crippen LogP contribution is -2.37. The number of hydrogen-bond acceptors (Lipinski definition) is 6. The second-order valence-corrected chi connectivity index (χ2v) is 5.51. The van der Waals surface area contributed by atoms with Crippen LogP contribution in [0.5, 0.6) is 0 Å². The fraction of sp³-hybridized carbons (Fsp3) is 0.846. The number of nitrogens with zero attached hydrogens (tertiary/aromatic N) is 3. The van der Waals surface area contributed by atoms with Gasteiger partial charge in [0.1, 0.15) is 0 Å². The van der Waals surface area contributed by atoms with Gasteiger partial charge in [-0.3, -0.25) is 4.90 Å². The Balaban J connectivity index is 0.00000200. The maximum Gasteiger partial charge on any atom is 0.240 e. The van der Waals surface area contributed by atoms with Gasteiger partial charge in [-0.15, -0.1) is 12.4 Å². The standard InChI is InChI=1S/C13H24N4O2.ClH/c1-10(2)9-18-11-3-5-17(6-4-11)8-12-15-13(7-14)19-16-12;/h10-11H,3-9,14H2,1-2H3;1H. The van der Waals surface area contributed by atoms with Crippen LogP contribution in [0.25, 0.3) is 0 Å².